The first-order chi connectivity index (χ1) is 4.31. The lowest BCUT2D eigenvalue weighted by molar-refractivity contribution is -0.108. The molecule has 0 radical (unpaired) electrons. The van der Waals surface area contributed by atoms with E-state index in [0.29, 0.717) is 12.3 Å². The smallest absolute Gasteiger partial charge is 0.120 e. The van der Waals surface area contributed by atoms with E-state index < -0.39 is 0 Å². The lowest BCUT2D eigenvalue weighted by atomic mass is 10.1. The number of hydrogen-bond acceptors (Lipinski definition) is 2. The number of methoxy groups -OCH3 is 1. The topological polar surface area (TPSA) is 26.3 Å². The third-order valence-electron chi connectivity index (χ3n) is 1.31. The van der Waals surface area contributed by atoms with Crippen molar-refractivity contribution >= 4 is 6.29 Å². The molecule has 1 unspecified atom stereocenters. The average Bonchev–Trinajstić information content (AvgIpc) is 1.85. The summed E-state index contributed by atoms with van der Waals surface area (Å²) in [5, 5.41) is 0. The zero-order valence-electron chi connectivity index (χ0n) is 6.09. The third-order valence-corrected chi connectivity index (χ3v) is 1.31. The van der Waals surface area contributed by atoms with Crippen molar-refractivity contribution in [1.29, 1.82) is 0 Å². The molecule has 1 atom stereocenters. The molecule has 0 N–H and O–H groups in total. The van der Waals surface area contributed by atoms with Crippen molar-refractivity contribution in [3.8, 4) is 0 Å². The summed E-state index contributed by atoms with van der Waals surface area (Å²) in [7, 11) is 1.67. The van der Waals surface area contributed by atoms with E-state index in [2.05, 4.69) is 0 Å². The summed E-state index contributed by atoms with van der Waals surface area (Å²) in [4.78, 5) is 9.94. The van der Waals surface area contributed by atoms with Crippen LogP contribution >= 0.6 is 0 Å². The maximum Gasteiger partial charge on any atom is 0.120 e. The van der Waals surface area contributed by atoms with Gasteiger partial charge in [0, 0.05) is 20.1 Å². The van der Waals surface area contributed by atoms with Crippen molar-refractivity contribution in [2.24, 2.45) is 5.92 Å². The Labute approximate surface area is 56.2 Å². The van der Waals surface area contributed by atoms with Gasteiger partial charge in [-0.2, -0.15) is 0 Å². The van der Waals surface area contributed by atoms with E-state index in [0.717, 1.165) is 19.3 Å². The summed E-state index contributed by atoms with van der Waals surface area (Å²) >= 11 is 0. The fourth-order valence-electron chi connectivity index (χ4n) is 0.601. The first-order valence-corrected chi connectivity index (χ1v) is 3.23. The fraction of sp³-hybridized carbons (Fsp3) is 0.857. The Bertz CT molecular complexity index is 71.3. The summed E-state index contributed by atoms with van der Waals surface area (Å²) in [5.41, 5.74) is 0. The Morgan fingerprint density at radius 2 is 2.33 bits per heavy atom. The van der Waals surface area contributed by atoms with Gasteiger partial charge in [0.1, 0.15) is 6.29 Å². The van der Waals surface area contributed by atoms with Crippen LogP contribution in [0.3, 0.4) is 0 Å². The van der Waals surface area contributed by atoms with Crippen molar-refractivity contribution in [1.82, 2.24) is 0 Å². The first kappa shape index (κ1) is 8.63. The second kappa shape index (κ2) is 5.76. The van der Waals surface area contributed by atoms with Crippen molar-refractivity contribution in [2.75, 3.05) is 13.7 Å². The van der Waals surface area contributed by atoms with E-state index in [9.17, 15) is 4.79 Å². The number of aldehydes is 1. The zero-order valence-corrected chi connectivity index (χ0v) is 6.09. The molecule has 0 aliphatic carbocycles. The largest absolute Gasteiger partial charge is 0.385 e. The van der Waals surface area contributed by atoms with Gasteiger partial charge in [0.15, 0.2) is 0 Å². The quantitative estimate of drug-likeness (QED) is 0.523. The monoisotopic (exact) mass is 130 g/mol. The summed E-state index contributed by atoms with van der Waals surface area (Å²) in [6, 6.07) is 0. The van der Waals surface area contributed by atoms with Crippen LogP contribution in [0.2, 0.25) is 0 Å². The first-order valence-electron chi connectivity index (χ1n) is 3.23. The second-order valence-electron chi connectivity index (χ2n) is 2.29. The minimum Gasteiger partial charge on any atom is -0.385 e. The van der Waals surface area contributed by atoms with Crippen LogP contribution in [0.15, 0.2) is 0 Å². The van der Waals surface area contributed by atoms with E-state index >= 15 is 0 Å². The molecule has 2 heteroatoms. The molecule has 2 nitrogen and oxygen atoms in total. The highest BCUT2D eigenvalue weighted by Crippen LogP contribution is 2.03. The molecule has 0 aliphatic heterocycles. The van der Waals surface area contributed by atoms with Crippen LogP contribution in [0.5, 0.6) is 0 Å². The second-order valence-corrected chi connectivity index (χ2v) is 2.29. The molecule has 0 aromatic heterocycles. The van der Waals surface area contributed by atoms with Crippen LogP contribution in [-0.4, -0.2) is 20.0 Å². The molecular formula is C7H14O2. The summed E-state index contributed by atoms with van der Waals surface area (Å²) in [6.45, 7) is 2.81. The molecule has 0 amide bonds. The number of ether oxygens (including phenoxy) is 1. The molecule has 9 heavy (non-hydrogen) atoms. The van der Waals surface area contributed by atoms with Gasteiger partial charge >= 0.3 is 0 Å². The SMILES string of the molecule is COCCC(C)CC=O. The van der Waals surface area contributed by atoms with Crippen molar-refractivity contribution in [2.45, 2.75) is 19.8 Å². The third kappa shape index (κ3) is 5.50. The summed E-state index contributed by atoms with van der Waals surface area (Å²) in [6.07, 6.45) is 2.60. The fourth-order valence-corrected chi connectivity index (χ4v) is 0.601. The van der Waals surface area contributed by atoms with Crippen molar-refractivity contribution in [3.05, 3.63) is 0 Å². The average molecular weight is 130 g/mol. The summed E-state index contributed by atoms with van der Waals surface area (Å²) in [5.74, 6) is 0.474. The van der Waals surface area contributed by atoms with E-state index in [1.54, 1.807) is 7.11 Å². The maximum atomic E-state index is 9.94. The van der Waals surface area contributed by atoms with Crippen LogP contribution in [0.1, 0.15) is 19.8 Å². The van der Waals surface area contributed by atoms with Gasteiger partial charge in [-0.05, 0) is 12.3 Å². The number of carbonyl (C=O) groups excluding carboxylic acids is 1. The molecule has 0 saturated heterocycles. The highest BCUT2D eigenvalue weighted by Gasteiger charge is 1.98. The van der Waals surface area contributed by atoms with E-state index in [1.807, 2.05) is 6.92 Å². The molecular weight excluding hydrogens is 116 g/mol. The molecule has 0 saturated carbocycles. The lowest BCUT2D eigenvalue weighted by Gasteiger charge is -2.04. The van der Waals surface area contributed by atoms with E-state index in [4.69, 9.17) is 4.74 Å². The molecule has 0 aromatic rings. The molecule has 0 heterocycles. The number of rotatable bonds is 5. The van der Waals surface area contributed by atoms with Crippen LogP contribution in [0, 0.1) is 5.92 Å². The molecule has 0 fully saturated rings. The van der Waals surface area contributed by atoms with Gasteiger partial charge < -0.3 is 9.53 Å². The van der Waals surface area contributed by atoms with E-state index in [1.165, 1.54) is 0 Å². The van der Waals surface area contributed by atoms with Crippen molar-refractivity contribution < 1.29 is 9.53 Å². The van der Waals surface area contributed by atoms with Gasteiger partial charge in [-0.15, -0.1) is 0 Å². The molecule has 0 aromatic carbocycles. The minimum atomic E-state index is 0.474. The van der Waals surface area contributed by atoms with Crippen LogP contribution in [-0.2, 0) is 9.53 Å². The molecule has 0 rings (SSSR count). The Kier molecular flexibility index (Phi) is 5.52. The maximum absolute atomic E-state index is 9.94. The zero-order chi connectivity index (χ0) is 7.11. The van der Waals surface area contributed by atoms with Gasteiger partial charge in [0.2, 0.25) is 0 Å². The molecule has 0 bridgehead atoms. The summed E-state index contributed by atoms with van der Waals surface area (Å²) < 4.78 is 4.84. The molecule has 0 aliphatic rings. The highest BCUT2D eigenvalue weighted by molar-refractivity contribution is 5.49. The van der Waals surface area contributed by atoms with Gasteiger partial charge in [0.25, 0.3) is 0 Å². The van der Waals surface area contributed by atoms with Crippen LogP contribution in [0.4, 0.5) is 0 Å². The predicted octanol–water partition coefficient (Wildman–Crippen LogP) is 1.25. The normalized spacial score (nSPS) is 13.1. The minimum absolute atomic E-state index is 0.474. The van der Waals surface area contributed by atoms with Crippen LogP contribution in [0.25, 0.3) is 0 Å². The number of hydrogen-bond donors (Lipinski definition) is 0. The van der Waals surface area contributed by atoms with Gasteiger partial charge in [-0.3, -0.25) is 0 Å². The lowest BCUT2D eigenvalue weighted by Crippen LogP contribution is -1.99. The highest BCUT2D eigenvalue weighted by atomic mass is 16.5. The Hall–Kier alpha value is -0.370. The Morgan fingerprint density at radius 1 is 1.67 bits per heavy atom. The van der Waals surface area contributed by atoms with Gasteiger partial charge in [0.05, 0.1) is 0 Å². The van der Waals surface area contributed by atoms with Gasteiger partial charge in [-0.1, -0.05) is 6.92 Å². The molecule has 0 spiro atoms. The molecule has 54 valence electrons. The predicted molar refractivity (Wildman–Crippen MR) is 36.3 cm³/mol. The Morgan fingerprint density at radius 3 is 2.78 bits per heavy atom. The van der Waals surface area contributed by atoms with Crippen LogP contribution < -0.4 is 0 Å². The number of carbonyl (C=O) groups is 1. The Balaban J connectivity index is 3.04. The standard InChI is InChI=1S/C7H14O2/c1-7(3-5-8)4-6-9-2/h5,7H,3-4,6H2,1-2H3. The van der Waals surface area contributed by atoms with Crippen molar-refractivity contribution in [3.63, 3.8) is 0 Å². The van der Waals surface area contributed by atoms with E-state index in [-0.39, 0.29) is 0 Å². The van der Waals surface area contributed by atoms with Gasteiger partial charge in [-0.25, -0.2) is 0 Å².